The van der Waals surface area contributed by atoms with E-state index in [2.05, 4.69) is 22.0 Å². The predicted molar refractivity (Wildman–Crippen MR) is 95.8 cm³/mol. The predicted octanol–water partition coefficient (Wildman–Crippen LogP) is 2.63. The first kappa shape index (κ1) is 16.6. The molecular formula is C18H20ClN3O2. The van der Waals surface area contributed by atoms with Gasteiger partial charge in [-0.1, -0.05) is 29.8 Å². The Balaban J connectivity index is 1.61. The van der Waals surface area contributed by atoms with E-state index in [1.54, 1.807) is 11.9 Å². The first-order valence-electron chi connectivity index (χ1n) is 7.98. The van der Waals surface area contributed by atoms with Gasteiger partial charge in [-0.3, -0.25) is 9.59 Å². The number of halogens is 1. The van der Waals surface area contributed by atoms with Crippen molar-refractivity contribution in [2.75, 3.05) is 31.6 Å². The summed E-state index contributed by atoms with van der Waals surface area (Å²) in [6, 6.07) is 11.7. The summed E-state index contributed by atoms with van der Waals surface area (Å²) in [4.78, 5) is 30.3. The molecule has 126 valence electrons. The Morgan fingerprint density at radius 3 is 2.83 bits per heavy atom. The number of pyridine rings is 1. The Kier molecular flexibility index (Phi) is 4.90. The maximum Gasteiger partial charge on any atom is 0.266 e. The summed E-state index contributed by atoms with van der Waals surface area (Å²) in [5, 5.41) is 0.0327. The fraction of sp³-hybridized carbons (Fsp3) is 0.333. The number of para-hydroxylation sites is 1. The van der Waals surface area contributed by atoms with Gasteiger partial charge in [0.15, 0.2) is 0 Å². The monoisotopic (exact) mass is 345 g/mol. The van der Waals surface area contributed by atoms with E-state index in [-0.39, 0.29) is 16.5 Å². The van der Waals surface area contributed by atoms with Crippen molar-refractivity contribution in [3.63, 3.8) is 0 Å². The standard InChI is InChI=1S/C18H20ClN3O2/c1-21(18(24)14-9-16(19)17(23)20-10-14)11-13-7-8-22(12-13)15-5-3-2-4-6-15/h2-6,9-10,13H,7-8,11-12H2,1H3,(H,20,23). The molecule has 5 nitrogen and oxygen atoms in total. The minimum absolute atomic E-state index is 0.0327. The van der Waals surface area contributed by atoms with E-state index in [0.29, 0.717) is 18.0 Å². The lowest BCUT2D eigenvalue weighted by Gasteiger charge is -2.22. The van der Waals surface area contributed by atoms with Gasteiger partial charge < -0.3 is 14.8 Å². The van der Waals surface area contributed by atoms with Crippen molar-refractivity contribution in [3.8, 4) is 0 Å². The Morgan fingerprint density at radius 1 is 1.38 bits per heavy atom. The molecular weight excluding hydrogens is 326 g/mol. The van der Waals surface area contributed by atoms with Gasteiger partial charge in [-0.2, -0.15) is 0 Å². The lowest BCUT2D eigenvalue weighted by Crippen LogP contribution is -2.33. The number of aromatic nitrogens is 1. The maximum atomic E-state index is 12.5. The second-order valence-corrected chi connectivity index (χ2v) is 6.59. The number of benzene rings is 1. The number of rotatable bonds is 4. The topological polar surface area (TPSA) is 56.4 Å². The van der Waals surface area contributed by atoms with Crippen molar-refractivity contribution >= 4 is 23.2 Å². The molecule has 24 heavy (non-hydrogen) atoms. The van der Waals surface area contributed by atoms with Gasteiger partial charge >= 0.3 is 0 Å². The Morgan fingerprint density at radius 2 is 2.12 bits per heavy atom. The van der Waals surface area contributed by atoms with E-state index in [1.165, 1.54) is 18.0 Å². The fourth-order valence-electron chi connectivity index (χ4n) is 3.13. The molecule has 1 aromatic carbocycles. The molecule has 1 saturated heterocycles. The van der Waals surface area contributed by atoms with Crippen LogP contribution in [0.2, 0.25) is 5.02 Å². The molecule has 1 atom stereocenters. The van der Waals surface area contributed by atoms with Gasteiger partial charge in [-0.25, -0.2) is 0 Å². The van der Waals surface area contributed by atoms with Crippen molar-refractivity contribution < 1.29 is 4.79 Å². The molecule has 0 spiro atoms. The van der Waals surface area contributed by atoms with Crippen LogP contribution < -0.4 is 10.5 Å². The highest BCUT2D eigenvalue weighted by atomic mass is 35.5. The van der Waals surface area contributed by atoms with Gasteiger partial charge in [-0.05, 0) is 30.5 Å². The van der Waals surface area contributed by atoms with E-state index >= 15 is 0 Å². The lowest BCUT2D eigenvalue weighted by molar-refractivity contribution is 0.0776. The number of hydrogen-bond donors (Lipinski definition) is 1. The Labute approximate surface area is 145 Å². The smallest absolute Gasteiger partial charge is 0.266 e. The van der Waals surface area contributed by atoms with Gasteiger partial charge in [0.25, 0.3) is 11.5 Å². The molecule has 1 N–H and O–H groups in total. The molecule has 6 heteroatoms. The zero-order valence-corrected chi connectivity index (χ0v) is 14.3. The molecule has 0 bridgehead atoms. The van der Waals surface area contributed by atoms with Crippen LogP contribution in [0.5, 0.6) is 0 Å². The molecule has 1 aromatic heterocycles. The number of nitrogens with one attached hydrogen (secondary N) is 1. The van der Waals surface area contributed by atoms with E-state index in [1.807, 2.05) is 18.2 Å². The zero-order chi connectivity index (χ0) is 17.1. The van der Waals surface area contributed by atoms with Crippen LogP contribution in [0, 0.1) is 5.92 Å². The average molecular weight is 346 g/mol. The number of carbonyl (C=O) groups is 1. The number of aromatic amines is 1. The van der Waals surface area contributed by atoms with E-state index in [4.69, 9.17) is 11.6 Å². The molecule has 0 aliphatic carbocycles. The van der Waals surface area contributed by atoms with Crippen molar-refractivity contribution in [3.05, 3.63) is 63.5 Å². The number of amides is 1. The maximum absolute atomic E-state index is 12.5. The van der Waals surface area contributed by atoms with E-state index in [0.717, 1.165) is 19.5 Å². The second kappa shape index (κ2) is 7.09. The molecule has 2 aromatic rings. The first-order chi connectivity index (χ1) is 11.5. The quantitative estimate of drug-likeness (QED) is 0.926. The van der Waals surface area contributed by atoms with Crippen LogP contribution >= 0.6 is 11.6 Å². The average Bonchev–Trinajstić information content (AvgIpc) is 3.06. The lowest BCUT2D eigenvalue weighted by atomic mass is 10.1. The largest absolute Gasteiger partial charge is 0.371 e. The summed E-state index contributed by atoms with van der Waals surface area (Å²) in [5.41, 5.74) is 1.24. The summed E-state index contributed by atoms with van der Waals surface area (Å²) in [5.74, 6) is 0.295. The van der Waals surface area contributed by atoms with Crippen molar-refractivity contribution in [1.82, 2.24) is 9.88 Å². The summed E-state index contributed by atoms with van der Waals surface area (Å²) < 4.78 is 0. The molecule has 0 radical (unpaired) electrons. The highest BCUT2D eigenvalue weighted by Crippen LogP contribution is 2.24. The highest BCUT2D eigenvalue weighted by Gasteiger charge is 2.25. The van der Waals surface area contributed by atoms with Crippen LogP contribution in [-0.2, 0) is 0 Å². The Bertz CT molecular complexity index is 775. The molecule has 3 rings (SSSR count). The first-order valence-corrected chi connectivity index (χ1v) is 8.36. The summed E-state index contributed by atoms with van der Waals surface area (Å²) in [7, 11) is 1.78. The normalized spacial score (nSPS) is 17.1. The summed E-state index contributed by atoms with van der Waals surface area (Å²) in [6.45, 7) is 2.62. The molecule has 1 aliphatic heterocycles. The number of carbonyl (C=O) groups excluding carboxylic acids is 1. The van der Waals surface area contributed by atoms with Crippen molar-refractivity contribution in [1.29, 1.82) is 0 Å². The number of hydrogen-bond acceptors (Lipinski definition) is 3. The third-order valence-electron chi connectivity index (χ3n) is 4.39. The molecule has 1 aliphatic rings. The van der Waals surface area contributed by atoms with Crippen LogP contribution in [0.15, 0.2) is 47.4 Å². The Hall–Kier alpha value is -2.27. The third kappa shape index (κ3) is 3.62. The van der Waals surface area contributed by atoms with Crippen LogP contribution in [0.1, 0.15) is 16.8 Å². The SMILES string of the molecule is CN(CC1CCN(c2ccccc2)C1)C(=O)c1c[nH]c(=O)c(Cl)c1. The fourth-order valence-corrected chi connectivity index (χ4v) is 3.30. The van der Waals surface area contributed by atoms with Crippen LogP contribution in [-0.4, -0.2) is 42.5 Å². The molecule has 1 amide bonds. The molecule has 0 saturated carbocycles. The third-order valence-corrected chi connectivity index (χ3v) is 4.67. The molecule has 2 heterocycles. The van der Waals surface area contributed by atoms with E-state index in [9.17, 15) is 9.59 Å². The number of nitrogens with zero attached hydrogens (tertiary/aromatic N) is 2. The summed E-state index contributed by atoms with van der Waals surface area (Å²) in [6.07, 6.45) is 2.47. The van der Waals surface area contributed by atoms with Gasteiger partial charge in [0, 0.05) is 38.6 Å². The molecule has 1 fully saturated rings. The van der Waals surface area contributed by atoms with Crippen molar-refractivity contribution in [2.24, 2.45) is 5.92 Å². The van der Waals surface area contributed by atoms with Crippen LogP contribution in [0.4, 0.5) is 5.69 Å². The minimum Gasteiger partial charge on any atom is -0.371 e. The van der Waals surface area contributed by atoms with Crippen LogP contribution in [0.25, 0.3) is 0 Å². The van der Waals surface area contributed by atoms with Gasteiger partial charge in [0.2, 0.25) is 0 Å². The number of H-pyrrole nitrogens is 1. The van der Waals surface area contributed by atoms with Crippen molar-refractivity contribution in [2.45, 2.75) is 6.42 Å². The number of anilines is 1. The second-order valence-electron chi connectivity index (χ2n) is 6.19. The van der Waals surface area contributed by atoms with Crippen LogP contribution in [0.3, 0.4) is 0 Å². The van der Waals surface area contributed by atoms with Gasteiger partial charge in [0.05, 0.1) is 5.56 Å². The van der Waals surface area contributed by atoms with Gasteiger partial charge in [0.1, 0.15) is 5.02 Å². The highest BCUT2D eigenvalue weighted by molar-refractivity contribution is 6.30. The van der Waals surface area contributed by atoms with E-state index < -0.39 is 0 Å². The zero-order valence-electron chi connectivity index (χ0n) is 13.5. The minimum atomic E-state index is -0.384. The summed E-state index contributed by atoms with van der Waals surface area (Å²) >= 11 is 5.80. The molecule has 1 unspecified atom stereocenters. The van der Waals surface area contributed by atoms with Gasteiger partial charge in [-0.15, -0.1) is 0 Å².